The third-order valence-electron chi connectivity index (χ3n) is 9.42. The first kappa shape index (κ1) is 43.3. The maximum atomic E-state index is 14.1. The van der Waals surface area contributed by atoms with E-state index in [0.29, 0.717) is 45.1 Å². The van der Waals surface area contributed by atoms with Gasteiger partial charge in [-0.15, -0.1) is 0 Å². The van der Waals surface area contributed by atoms with Gasteiger partial charge in [0.2, 0.25) is 23.6 Å². The minimum Gasteiger partial charge on any atom is -0.361 e. The molecule has 1 fully saturated rings. The normalized spacial score (nSPS) is 17.5. The minimum atomic E-state index is -1.02. The summed E-state index contributed by atoms with van der Waals surface area (Å²) in [5.74, 6) is -1.70. The topological polar surface area (TPSA) is 149 Å². The first-order chi connectivity index (χ1) is 25.2. The van der Waals surface area contributed by atoms with E-state index in [9.17, 15) is 24.0 Å². The van der Waals surface area contributed by atoms with E-state index in [4.69, 9.17) is 4.74 Å². The Labute approximate surface area is 316 Å². The number of aryl methyl sites for hydroxylation is 1. The van der Waals surface area contributed by atoms with Crippen LogP contribution in [-0.2, 0) is 41.6 Å². The lowest BCUT2D eigenvalue weighted by Gasteiger charge is -2.28. The highest BCUT2D eigenvalue weighted by Crippen LogP contribution is 2.29. The fourth-order valence-corrected chi connectivity index (χ4v) is 6.28. The zero-order valence-corrected chi connectivity index (χ0v) is 32.9. The Bertz CT molecular complexity index is 1460. The average molecular weight is 734 g/mol. The van der Waals surface area contributed by atoms with Crippen molar-refractivity contribution in [3.63, 3.8) is 0 Å². The maximum Gasteiger partial charge on any atom is 0.243 e. The minimum absolute atomic E-state index is 0.0271. The van der Waals surface area contributed by atoms with Crippen molar-refractivity contribution in [2.24, 2.45) is 11.8 Å². The van der Waals surface area contributed by atoms with Gasteiger partial charge < -0.3 is 30.9 Å². The summed E-state index contributed by atoms with van der Waals surface area (Å²) in [5.41, 5.74) is 0.939. The molecule has 2 aromatic carbocycles. The molecule has 0 spiro atoms. The summed E-state index contributed by atoms with van der Waals surface area (Å²) in [6.45, 7) is 10.8. The van der Waals surface area contributed by atoms with E-state index in [-0.39, 0.29) is 29.9 Å². The fraction of sp³-hybridized carbons (Fsp3) is 0.595. The second-order valence-electron chi connectivity index (χ2n) is 15.8. The number of ketones is 1. The number of benzene rings is 2. The predicted molar refractivity (Wildman–Crippen MR) is 208 cm³/mol. The van der Waals surface area contributed by atoms with Gasteiger partial charge in [-0.1, -0.05) is 94.8 Å². The zero-order valence-electron chi connectivity index (χ0n) is 32.9. The lowest BCUT2D eigenvalue weighted by Crippen LogP contribution is -2.59. The van der Waals surface area contributed by atoms with Crippen molar-refractivity contribution in [2.75, 3.05) is 27.2 Å². The molecule has 0 aromatic heterocycles. The molecule has 1 aliphatic rings. The molecule has 0 radical (unpaired) electrons. The number of epoxide rings is 1. The van der Waals surface area contributed by atoms with E-state index in [2.05, 4.69) is 26.2 Å². The number of amides is 4. The van der Waals surface area contributed by atoms with Crippen molar-refractivity contribution in [2.45, 2.75) is 122 Å². The number of rotatable bonds is 24. The summed E-state index contributed by atoms with van der Waals surface area (Å²) >= 11 is 0. The highest BCUT2D eigenvalue weighted by molar-refractivity contribution is 5.98. The van der Waals surface area contributed by atoms with Crippen molar-refractivity contribution in [1.82, 2.24) is 26.2 Å². The number of hydrogen-bond donors (Lipinski definition) is 4. The molecule has 53 heavy (non-hydrogen) atoms. The van der Waals surface area contributed by atoms with Crippen LogP contribution in [0.2, 0.25) is 0 Å². The summed E-state index contributed by atoms with van der Waals surface area (Å²) in [4.78, 5) is 70.5. The van der Waals surface area contributed by atoms with Gasteiger partial charge in [-0.2, -0.15) is 0 Å². The second kappa shape index (κ2) is 21.6. The van der Waals surface area contributed by atoms with E-state index in [1.165, 1.54) is 0 Å². The van der Waals surface area contributed by atoms with E-state index < -0.39 is 47.5 Å². The molecule has 0 bridgehead atoms. The van der Waals surface area contributed by atoms with Gasteiger partial charge in [-0.3, -0.25) is 24.0 Å². The van der Waals surface area contributed by atoms with Gasteiger partial charge in [-0.05, 0) is 89.1 Å². The molecule has 11 heteroatoms. The molecule has 3 rings (SSSR count). The highest BCUT2D eigenvalue weighted by atomic mass is 16.6. The van der Waals surface area contributed by atoms with Crippen LogP contribution in [0, 0.1) is 11.8 Å². The van der Waals surface area contributed by atoms with Crippen molar-refractivity contribution in [1.29, 1.82) is 0 Å². The third kappa shape index (κ3) is 15.8. The monoisotopic (exact) mass is 733 g/mol. The first-order valence-electron chi connectivity index (χ1n) is 19.3. The molecule has 4 N–H and O–H groups in total. The largest absolute Gasteiger partial charge is 0.361 e. The van der Waals surface area contributed by atoms with E-state index in [1.807, 2.05) is 102 Å². The van der Waals surface area contributed by atoms with Crippen LogP contribution in [0.5, 0.6) is 0 Å². The fourth-order valence-electron chi connectivity index (χ4n) is 6.28. The first-order valence-corrected chi connectivity index (χ1v) is 19.3. The Kier molecular flexibility index (Phi) is 17.6. The Morgan fingerprint density at radius 1 is 0.679 bits per heavy atom. The van der Waals surface area contributed by atoms with Crippen molar-refractivity contribution >= 4 is 29.4 Å². The lowest BCUT2D eigenvalue weighted by molar-refractivity contribution is -0.135. The van der Waals surface area contributed by atoms with Gasteiger partial charge in [0.25, 0.3) is 0 Å². The number of nitrogens with one attached hydrogen (secondary N) is 4. The van der Waals surface area contributed by atoms with Crippen molar-refractivity contribution in [3.05, 3.63) is 71.8 Å². The standard InChI is InChI=1S/C42H63N5O6/c1-29(2)25-34(38(49)42(5)28-53-42)44-41(52)36(27-32-19-13-9-14-20-32)46-40(51)35(26-30(3)4)45-39(50)33(23-22-31-17-11-8-12-18-31)43-37(48)21-15-10-16-24-47(6)7/h8-9,11-14,17-20,29-30,33-36H,10,15-16,21-28H2,1-7H3,(H,43,48)(H,44,52)(H,45,50)(H,46,51)/t33-,34?,35?,36-,42?/m0/s1. The van der Waals surface area contributed by atoms with Gasteiger partial charge in [0, 0.05) is 12.8 Å². The van der Waals surface area contributed by atoms with Crippen LogP contribution >= 0.6 is 0 Å². The summed E-state index contributed by atoms with van der Waals surface area (Å²) < 4.78 is 5.41. The van der Waals surface area contributed by atoms with Crippen LogP contribution in [0.25, 0.3) is 0 Å². The molecule has 4 amide bonds. The van der Waals surface area contributed by atoms with Crippen LogP contribution in [0.4, 0.5) is 0 Å². The quantitative estimate of drug-likeness (QED) is 0.0925. The number of unbranched alkanes of at least 4 members (excludes halogenated alkanes) is 2. The lowest BCUT2D eigenvalue weighted by atomic mass is 9.93. The number of Topliss-reactive ketones (excluding diaryl/α,β-unsaturated/α-hetero) is 1. The Morgan fingerprint density at radius 3 is 1.75 bits per heavy atom. The molecule has 292 valence electrons. The molecule has 3 unspecified atom stereocenters. The van der Waals surface area contributed by atoms with E-state index >= 15 is 0 Å². The Balaban J connectivity index is 1.78. The summed E-state index contributed by atoms with van der Waals surface area (Å²) in [5, 5.41) is 11.7. The Morgan fingerprint density at radius 2 is 1.19 bits per heavy atom. The number of nitrogens with zero attached hydrogens (tertiary/aromatic N) is 1. The maximum absolute atomic E-state index is 14.1. The van der Waals surface area contributed by atoms with Gasteiger partial charge in [0.15, 0.2) is 5.78 Å². The van der Waals surface area contributed by atoms with Crippen molar-refractivity contribution < 1.29 is 28.7 Å². The molecule has 1 saturated heterocycles. The number of carbonyl (C=O) groups excluding carboxylic acids is 5. The van der Waals surface area contributed by atoms with Crippen LogP contribution in [0.3, 0.4) is 0 Å². The SMILES string of the molecule is CC(C)CC(NC(=O)[C@H](CCc1ccccc1)NC(=O)CCCCCN(C)C)C(=O)N[C@@H](Cc1ccccc1)C(=O)NC(CC(C)C)C(=O)C1(C)CO1. The summed E-state index contributed by atoms with van der Waals surface area (Å²) in [6, 6.07) is 15.5. The summed E-state index contributed by atoms with van der Waals surface area (Å²) in [7, 11) is 4.04. The summed E-state index contributed by atoms with van der Waals surface area (Å²) in [6.07, 6.45) is 4.73. The number of carbonyl (C=O) groups is 5. The molecule has 1 heterocycles. The molecular weight excluding hydrogens is 670 g/mol. The van der Waals surface area contributed by atoms with E-state index in [0.717, 1.165) is 30.5 Å². The number of ether oxygens (including phenoxy) is 1. The molecule has 2 aromatic rings. The molecule has 0 saturated carbocycles. The second-order valence-corrected chi connectivity index (χ2v) is 15.8. The van der Waals surface area contributed by atoms with Crippen molar-refractivity contribution in [3.8, 4) is 0 Å². The number of hydrogen-bond acceptors (Lipinski definition) is 7. The highest BCUT2D eigenvalue weighted by Gasteiger charge is 2.50. The van der Waals surface area contributed by atoms with Crippen LogP contribution in [0.1, 0.15) is 90.7 Å². The zero-order chi connectivity index (χ0) is 39.0. The average Bonchev–Trinajstić information content (AvgIpc) is 3.87. The smallest absolute Gasteiger partial charge is 0.243 e. The third-order valence-corrected chi connectivity index (χ3v) is 9.42. The van der Waals surface area contributed by atoms with Crippen LogP contribution in [0.15, 0.2) is 60.7 Å². The molecule has 11 nitrogen and oxygen atoms in total. The van der Waals surface area contributed by atoms with E-state index in [1.54, 1.807) is 6.92 Å². The van der Waals surface area contributed by atoms with Gasteiger partial charge in [0.1, 0.15) is 23.7 Å². The van der Waals surface area contributed by atoms with Crippen LogP contribution in [-0.4, -0.2) is 91.3 Å². The molecule has 5 atom stereocenters. The van der Waals surface area contributed by atoms with Crippen LogP contribution < -0.4 is 21.3 Å². The molecule has 0 aliphatic carbocycles. The van der Waals surface area contributed by atoms with Gasteiger partial charge in [-0.25, -0.2) is 0 Å². The van der Waals surface area contributed by atoms with Gasteiger partial charge >= 0.3 is 0 Å². The molecule has 1 aliphatic heterocycles. The van der Waals surface area contributed by atoms with Gasteiger partial charge in [0.05, 0.1) is 12.6 Å². The molecular formula is C42H63N5O6. The predicted octanol–water partition coefficient (Wildman–Crippen LogP) is 4.37. The Hall–Kier alpha value is -4.09.